The quantitative estimate of drug-likeness (QED) is 0.758. The van der Waals surface area contributed by atoms with Crippen LogP contribution in [0.25, 0.3) is 10.1 Å². The number of rotatable bonds is 4. The molecular formula is C17H19NO5S2. The maximum absolute atomic E-state index is 12.4. The summed E-state index contributed by atoms with van der Waals surface area (Å²) < 4.78 is 29.4. The van der Waals surface area contributed by atoms with Gasteiger partial charge in [-0.2, -0.15) is 0 Å². The van der Waals surface area contributed by atoms with Crippen molar-refractivity contribution in [1.82, 2.24) is 4.90 Å². The second kappa shape index (κ2) is 6.76. The highest BCUT2D eigenvalue weighted by molar-refractivity contribution is 7.91. The zero-order chi connectivity index (χ0) is 18.2. The molecule has 3 rings (SSSR count). The van der Waals surface area contributed by atoms with Gasteiger partial charge in [-0.15, -0.1) is 11.3 Å². The molecule has 1 amide bonds. The summed E-state index contributed by atoms with van der Waals surface area (Å²) in [6, 6.07) is 8.99. The Morgan fingerprint density at radius 3 is 2.68 bits per heavy atom. The minimum absolute atomic E-state index is 0.0355. The number of esters is 1. The van der Waals surface area contributed by atoms with Gasteiger partial charge in [-0.1, -0.05) is 18.2 Å². The molecule has 0 bridgehead atoms. The number of thiophene rings is 1. The lowest BCUT2D eigenvalue weighted by Crippen LogP contribution is -2.44. The smallest absolute Gasteiger partial charge is 0.349 e. The first-order chi connectivity index (χ1) is 11.8. The molecule has 0 saturated carbocycles. The average molecular weight is 381 g/mol. The van der Waals surface area contributed by atoms with E-state index in [-0.39, 0.29) is 17.5 Å². The van der Waals surface area contributed by atoms with Gasteiger partial charge in [0.15, 0.2) is 15.9 Å². The predicted octanol–water partition coefficient (Wildman–Crippen LogP) is 2.09. The van der Waals surface area contributed by atoms with Crippen molar-refractivity contribution in [2.45, 2.75) is 25.5 Å². The van der Waals surface area contributed by atoms with E-state index in [1.54, 1.807) is 13.1 Å². The van der Waals surface area contributed by atoms with E-state index < -0.39 is 27.8 Å². The Labute approximate surface area is 150 Å². The topological polar surface area (TPSA) is 80.8 Å². The summed E-state index contributed by atoms with van der Waals surface area (Å²) in [5, 5.41) is 0.951. The number of hydrogen-bond donors (Lipinski definition) is 0. The van der Waals surface area contributed by atoms with Crippen LogP contribution < -0.4 is 0 Å². The Kier molecular flexibility index (Phi) is 4.83. The van der Waals surface area contributed by atoms with Crippen LogP contribution in [-0.4, -0.2) is 55.9 Å². The van der Waals surface area contributed by atoms with E-state index >= 15 is 0 Å². The van der Waals surface area contributed by atoms with Gasteiger partial charge in [-0.25, -0.2) is 13.2 Å². The van der Waals surface area contributed by atoms with E-state index in [0.717, 1.165) is 10.1 Å². The minimum Gasteiger partial charge on any atom is -0.448 e. The molecule has 2 heterocycles. The first-order valence-corrected chi connectivity index (χ1v) is 10.6. The van der Waals surface area contributed by atoms with E-state index in [9.17, 15) is 18.0 Å². The Bertz CT molecular complexity index is 885. The summed E-state index contributed by atoms with van der Waals surface area (Å²) in [6.07, 6.45) is -0.548. The normalized spacial score (nSPS) is 20.3. The molecule has 1 aromatic heterocycles. The van der Waals surface area contributed by atoms with Gasteiger partial charge in [0.25, 0.3) is 5.91 Å². The highest BCUT2D eigenvalue weighted by atomic mass is 32.2. The van der Waals surface area contributed by atoms with Crippen molar-refractivity contribution in [2.24, 2.45) is 0 Å². The third kappa shape index (κ3) is 3.85. The molecule has 8 heteroatoms. The number of carbonyl (C=O) groups excluding carboxylic acids is 2. The van der Waals surface area contributed by atoms with Crippen LogP contribution in [0.15, 0.2) is 30.3 Å². The van der Waals surface area contributed by atoms with E-state index in [1.807, 2.05) is 24.3 Å². The fraction of sp³-hybridized carbons (Fsp3) is 0.412. The molecule has 2 atom stereocenters. The second-order valence-corrected chi connectivity index (χ2v) is 9.51. The third-order valence-corrected chi connectivity index (χ3v) is 7.21. The van der Waals surface area contributed by atoms with Crippen LogP contribution in [0.1, 0.15) is 23.0 Å². The van der Waals surface area contributed by atoms with Crippen molar-refractivity contribution in [3.63, 3.8) is 0 Å². The number of amides is 1. The summed E-state index contributed by atoms with van der Waals surface area (Å²) in [5.74, 6) is -0.886. The number of likely N-dealkylation sites (N-methyl/N-ethyl adjacent to an activating group) is 1. The van der Waals surface area contributed by atoms with E-state index in [1.165, 1.54) is 23.2 Å². The number of ether oxygens (including phenoxy) is 1. The van der Waals surface area contributed by atoms with Crippen LogP contribution in [0.2, 0.25) is 0 Å². The number of fused-ring (bicyclic) bond motifs is 1. The summed E-state index contributed by atoms with van der Waals surface area (Å²) >= 11 is 1.31. The standard InChI is InChI=1S/C17H19NO5S2/c1-11(16(19)18(2)13-7-8-25(21,22)10-13)23-17(20)15-9-12-5-3-4-6-14(12)24-15/h3-6,9,11,13H,7-8,10H2,1-2H3/t11-,13+/m0/s1. The SMILES string of the molecule is C[C@H](OC(=O)c1cc2ccccc2s1)C(=O)N(C)[C@@H]1CCS(=O)(=O)C1. The summed E-state index contributed by atoms with van der Waals surface area (Å²) in [5.41, 5.74) is 0. The molecule has 6 nitrogen and oxygen atoms in total. The Balaban J connectivity index is 1.65. The molecule has 0 N–H and O–H groups in total. The Hall–Kier alpha value is -1.93. The van der Waals surface area contributed by atoms with Crippen LogP contribution in [0.3, 0.4) is 0 Å². The van der Waals surface area contributed by atoms with Crippen molar-refractivity contribution < 1.29 is 22.7 Å². The van der Waals surface area contributed by atoms with Gasteiger partial charge in [0, 0.05) is 17.8 Å². The van der Waals surface area contributed by atoms with Crippen LogP contribution >= 0.6 is 11.3 Å². The fourth-order valence-electron chi connectivity index (χ4n) is 2.90. The average Bonchev–Trinajstić information content (AvgIpc) is 3.16. The molecule has 1 aliphatic heterocycles. The fourth-order valence-corrected chi connectivity index (χ4v) is 5.62. The molecule has 0 radical (unpaired) electrons. The lowest BCUT2D eigenvalue weighted by molar-refractivity contribution is -0.140. The summed E-state index contributed by atoms with van der Waals surface area (Å²) in [7, 11) is -1.53. The minimum atomic E-state index is -3.08. The number of sulfone groups is 1. The number of nitrogens with zero attached hydrogens (tertiary/aromatic N) is 1. The third-order valence-electron chi connectivity index (χ3n) is 4.36. The van der Waals surface area contributed by atoms with Crippen LogP contribution in [0.5, 0.6) is 0 Å². The highest BCUT2D eigenvalue weighted by Crippen LogP contribution is 2.26. The maximum Gasteiger partial charge on any atom is 0.349 e. The molecule has 1 fully saturated rings. The van der Waals surface area contributed by atoms with Gasteiger partial charge in [0.1, 0.15) is 4.88 Å². The highest BCUT2D eigenvalue weighted by Gasteiger charge is 2.35. The number of hydrogen-bond acceptors (Lipinski definition) is 6. The van der Waals surface area contributed by atoms with Gasteiger partial charge in [0.2, 0.25) is 0 Å². The van der Waals surface area contributed by atoms with Crippen molar-refractivity contribution in [3.8, 4) is 0 Å². The first-order valence-electron chi connectivity index (χ1n) is 7.93. The lowest BCUT2D eigenvalue weighted by atomic mass is 10.2. The van der Waals surface area contributed by atoms with E-state index in [2.05, 4.69) is 0 Å². The molecule has 25 heavy (non-hydrogen) atoms. The Morgan fingerprint density at radius 2 is 2.04 bits per heavy atom. The maximum atomic E-state index is 12.4. The van der Waals surface area contributed by atoms with Gasteiger partial charge in [0.05, 0.1) is 11.5 Å². The van der Waals surface area contributed by atoms with E-state index in [0.29, 0.717) is 11.3 Å². The molecule has 1 aromatic carbocycles. The lowest BCUT2D eigenvalue weighted by Gasteiger charge is -2.26. The van der Waals surface area contributed by atoms with Crippen LogP contribution in [0, 0.1) is 0 Å². The summed E-state index contributed by atoms with van der Waals surface area (Å²) in [4.78, 5) is 26.6. The largest absolute Gasteiger partial charge is 0.448 e. The van der Waals surface area contributed by atoms with Gasteiger partial charge in [-0.3, -0.25) is 4.79 Å². The van der Waals surface area contributed by atoms with Crippen molar-refractivity contribution >= 4 is 43.1 Å². The molecule has 134 valence electrons. The molecule has 2 aromatic rings. The molecule has 0 aliphatic carbocycles. The Morgan fingerprint density at radius 1 is 1.32 bits per heavy atom. The monoisotopic (exact) mass is 381 g/mol. The molecule has 0 unspecified atom stereocenters. The molecular weight excluding hydrogens is 362 g/mol. The van der Waals surface area contributed by atoms with Crippen LogP contribution in [-0.2, 0) is 19.4 Å². The zero-order valence-electron chi connectivity index (χ0n) is 14.0. The predicted molar refractivity (Wildman–Crippen MR) is 96.5 cm³/mol. The summed E-state index contributed by atoms with van der Waals surface area (Å²) in [6.45, 7) is 1.51. The van der Waals surface area contributed by atoms with Crippen molar-refractivity contribution in [2.75, 3.05) is 18.6 Å². The van der Waals surface area contributed by atoms with Gasteiger partial charge < -0.3 is 9.64 Å². The second-order valence-electron chi connectivity index (χ2n) is 6.20. The zero-order valence-corrected chi connectivity index (χ0v) is 15.6. The molecule has 1 saturated heterocycles. The van der Waals surface area contributed by atoms with Crippen molar-refractivity contribution in [3.05, 3.63) is 35.2 Å². The van der Waals surface area contributed by atoms with Crippen LogP contribution in [0.4, 0.5) is 0 Å². The van der Waals surface area contributed by atoms with Gasteiger partial charge in [-0.05, 0) is 30.9 Å². The molecule has 0 spiro atoms. The van der Waals surface area contributed by atoms with Gasteiger partial charge >= 0.3 is 5.97 Å². The number of benzene rings is 1. The number of carbonyl (C=O) groups is 2. The molecule has 1 aliphatic rings. The van der Waals surface area contributed by atoms with E-state index in [4.69, 9.17) is 4.74 Å². The van der Waals surface area contributed by atoms with Crippen molar-refractivity contribution in [1.29, 1.82) is 0 Å². The first kappa shape index (κ1) is 17.9.